The van der Waals surface area contributed by atoms with E-state index in [2.05, 4.69) is 17.2 Å². The summed E-state index contributed by atoms with van der Waals surface area (Å²) in [6, 6.07) is -0.0703. The Morgan fingerprint density at radius 1 is 1.60 bits per heavy atom. The third-order valence-electron chi connectivity index (χ3n) is 3.96. The molecular weight excluding hydrogens is 274 g/mol. The van der Waals surface area contributed by atoms with Crippen LogP contribution in [0.4, 0.5) is 0 Å². The van der Waals surface area contributed by atoms with E-state index in [0.29, 0.717) is 32.6 Å². The Balaban J connectivity index is 2.02. The second-order valence-electron chi connectivity index (χ2n) is 5.31. The van der Waals surface area contributed by atoms with E-state index < -0.39 is 5.41 Å². The first-order chi connectivity index (χ1) is 9.61. The van der Waals surface area contributed by atoms with E-state index in [4.69, 9.17) is 10.5 Å². The van der Waals surface area contributed by atoms with Gasteiger partial charge in [0.25, 0.3) is 0 Å². The molecule has 1 aromatic heterocycles. The summed E-state index contributed by atoms with van der Waals surface area (Å²) in [5, 5.41) is 4.02. The van der Waals surface area contributed by atoms with Gasteiger partial charge in [-0.3, -0.25) is 4.79 Å². The van der Waals surface area contributed by atoms with Crippen LogP contribution in [0, 0.1) is 5.41 Å². The van der Waals surface area contributed by atoms with Gasteiger partial charge in [0.2, 0.25) is 5.91 Å². The highest BCUT2D eigenvalue weighted by Gasteiger charge is 2.39. The average molecular weight is 297 g/mol. The molecule has 0 aromatic carbocycles. The Kier molecular flexibility index (Phi) is 5.12. The lowest BCUT2D eigenvalue weighted by Crippen LogP contribution is -2.49. The summed E-state index contributed by atoms with van der Waals surface area (Å²) in [6.07, 6.45) is 4.25. The Morgan fingerprint density at radius 3 is 2.85 bits per heavy atom. The predicted molar refractivity (Wildman–Crippen MR) is 79.6 cm³/mol. The van der Waals surface area contributed by atoms with Crippen molar-refractivity contribution in [2.45, 2.75) is 39.2 Å². The number of hydrogen-bond acceptors (Lipinski definition) is 5. The van der Waals surface area contributed by atoms with Gasteiger partial charge in [-0.05, 0) is 26.2 Å². The molecule has 1 aliphatic rings. The summed E-state index contributed by atoms with van der Waals surface area (Å²) in [4.78, 5) is 18.2. The Morgan fingerprint density at radius 2 is 2.30 bits per heavy atom. The first kappa shape index (κ1) is 15.4. The quantitative estimate of drug-likeness (QED) is 0.866. The number of carbonyl (C=O) groups is 1. The maximum Gasteiger partial charge on any atom is 0.228 e. The highest BCUT2D eigenvalue weighted by atomic mass is 32.1. The number of hydrogen-bond donors (Lipinski definition) is 2. The van der Waals surface area contributed by atoms with E-state index in [1.54, 1.807) is 11.3 Å². The fourth-order valence-electron chi connectivity index (χ4n) is 2.38. The smallest absolute Gasteiger partial charge is 0.228 e. The van der Waals surface area contributed by atoms with E-state index in [9.17, 15) is 4.79 Å². The molecule has 1 aliphatic heterocycles. The lowest BCUT2D eigenvalue weighted by molar-refractivity contribution is -0.136. The molecule has 3 N–H and O–H groups in total. The second-order valence-corrected chi connectivity index (χ2v) is 6.46. The highest BCUT2D eigenvalue weighted by molar-refractivity contribution is 7.11. The van der Waals surface area contributed by atoms with Gasteiger partial charge < -0.3 is 15.8 Å². The maximum absolute atomic E-state index is 12.5. The van der Waals surface area contributed by atoms with Crippen LogP contribution in [0.15, 0.2) is 6.20 Å². The number of thiazole rings is 1. The van der Waals surface area contributed by atoms with Crippen LogP contribution >= 0.6 is 11.3 Å². The summed E-state index contributed by atoms with van der Waals surface area (Å²) in [6.45, 7) is 5.66. The van der Waals surface area contributed by atoms with E-state index in [-0.39, 0.29) is 11.9 Å². The molecule has 2 rings (SSSR count). The standard InChI is InChI=1S/C14H23N3O2S/c1-3-11-8-16-12(20-11)10(2)17-13(18)14(9-15)4-6-19-7-5-14/h8,10H,3-7,9,15H2,1-2H3,(H,17,18). The van der Waals surface area contributed by atoms with E-state index in [0.717, 1.165) is 11.4 Å². The number of ether oxygens (including phenoxy) is 1. The monoisotopic (exact) mass is 297 g/mol. The lowest BCUT2D eigenvalue weighted by Gasteiger charge is -2.35. The van der Waals surface area contributed by atoms with Crippen molar-refractivity contribution in [2.75, 3.05) is 19.8 Å². The zero-order chi connectivity index (χ0) is 14.6. The molecule has 0 spiro atoms. The van der Waals surface area contributed by atoms with Crippen LogP contribution in [-0.4, -0.2) is 30.6 Å². The number of nitrogens with one attached hydrogen (secondary N) is 1. The van der Waals surface area contributed by atoms with Gasteiger partial charge in [0.1, 0.15) is 5.01 Å². The predicted octanol–water partition coefficient (Wildman–Crippen LogP) is 1.64. The summed E-state index contributed by atoms with van der Waals surface area (Å²) in [7, 11) is 0. The van der Waals surface area contributed by atoms with Crippen molar-refractivity contribution in [2.24, 2.45) is 11.1 Å². The largest absolute Gasteiger partial charge is 0.381 e. The minimum atomic E-state index is -0.475. The molecule has 0 aliphatic carbocycles. The molecule has 1 fully saturated rings. The molecule has 1 amide bonds. The number of carbonyl (C=O) groups excluding carboxylic acids is 1. The Labute approximate surface area is 123 Å². The number of amides is 1. The van der Waals surface area contributed by atoms with E-state index >= 15 is 0 Å². The summed E-state index contributed by atoms with van der Waals surface area (Å²) in [5.41, 5.74) is 5.37. The van der Waals surface area contributed by atoms with Gasteiger partial charge in [0.05, 0.1) is 11.5 Å². The number of aromatic nitrogens is 1. The number of aryl methyl sites for hydroxylation is 1. The summed E-state index contributed by atoms with van der Waals surface area (Å²) in [5.74, 6) is 0.0315. The fraction of sp³-hybridized carbons (Fsp3) is 0.714. The molecule has 1 atom stereocenters. The summed E-state index contributed by atoms with van der Waals surface area (Å²) < 4.78 is 5.34. The Bertz CT molecular complexity index is 455. The normalized spacial score (nSPS) is 19.6. The minimum Gasteiger partial charge on any atom is -0.381 e. The molecule has 1 aromatic rings. The number of nitrogens with two attached hydrogens (primary N) is 1. The maximum atomic E-state index is 12.5. The summed E-state index contributed by atoms with van der Waals surface area (Å²) >= 11 is 1.65. The van der Waals surface area contributed by atoms with E-state index in [1.807, 2.05) is 13.1 Å². The Hall–Kier alpha value is -0.980. The minimum absolute atomic E-state index is 0.0315. The van der Waals surface area contributed by atoms with Gasteiger partial charge >= 0.3 is 0 Å². The van der Waals surface area contributed by atoms with Gasteiger partial charge in [0, 0.05) is 30.8 Å². The SMILES string of the molecule is CCc1cnc(C(C)NC(=O)C2(CN)CCOCC2)s1. The van der Waals surface area contributed by atoms with E-state index in [1.165, 1.54) is 4.88 Å². The molecule has 0 radical (unpaired) electrons. The van der Waals surface area contributed by atoms with Crippen LogP contribution < -0.4 is 11.1 Å². The number of nitrogens with zero attached hydrogens (tertiary/aromatic N) is 1. The molecule has 20 heavy (non-hydrogen) atoms. The van der Waals surface area contributed by atoms with Crippen molar-refractivity contribution < 1.29 is 9.53 Å². The van der Waals surface area contributed by atoms with Crippen molar-refractivity contribution in [3.63, 3.8) is 0 Å². The second kappa shape index (κ2) is 6.65. The van der Waals surface area contributed by atoms with Crippen molar-refractivity contribution in [3.8, 4) is 0 Å². The number of rotatable bonds is 5. The molecule has 6 heteroatoms. The molecule has 1 saturated heterocycles. The van der Waals surface area contributed by atoms with Crippen molar-refractivity contribution in [1.82, 2.24) is 10.3 Å². The fourth-order valence-corrected chi connectivity index (χ4v) is 3.24. The van der Waals surface area contributed by atoms with Gasteiger partial charge in [-0.25, -0.2) is 4.98 Å². The van der Waals surface area contributed by atoms with Gasteiger partial charge in [-0.1, -0.05) is 6.92 Å². The average Bonchev–Trinajstić information content (AvgIpc) is 2.97. The zero-order valence-electron chi connectivity index (χ0n) is 12.1. The van der Waals surface area contributed by atoms with Gasteiger partial charge in [-0.15, -0.1) is 11.3 Å². The zero-order valence-corrected chi connectivity index (χ0v) is 13.0. The van der Waals surface area contributed by atoms with Crippen LogP contribution in [-0.2, 0) is 16.0 Å². The van der Waals surface area contributed by atoms with Gasteiger partial charge in [0.15, 0.2) is 0 Å². The van der Waals surface area contributed by atoms with Crippen LogP contribution in [0.1, 0.15) is 42.6 Å². The van der Waals surface area contributed by atoms with Crippen LogP contribution in [0.2, 0.25) is 0 Å². The highest BCUT2D eigenvalue weighted by Crippen LogP contribution is 2.31. The van der Waals surface area contributed by atoms with Crippen LogP contribution in [0.5, 0.6) is 0 Å². The lowest BCUT2D eigenvalue weighted by atomic mass is 9.79. The molecule has 2 heterocycles. The van der Waals surface area contributed by atoms with Crippen LogP contribution in [0.25, 0.3) is 0 Å². The molecular formula is C14H23N3O2S. The van der Waals surface area contributed by atoms with Gasteiger partial charge in [-0.2, -0.15) is 0 Å². The van der Waals surface area contributed by atoms with Crippen molar-refractivity contribution >= 4 is 17.2 Å². The first-order valence-electron chi connectivity index (χ1n) is 7.14. The third kappa shape index (κ3) is 3.19. The molecule has 5 nitrogen and oxygen atoms in total. The molecule has 0 saturated carbocycles. The topological polar surface area (TPSA) is 77.2 Å². The molecule has 112 valence electrons. The van der Waals surface area contributed by atoms with Crippen molar-refractivity contribution in [3.05, 3.63) is 16.1 Å². The third-order valence-corrected chi connectivity index (χ3v) is 5.28. The molecule has 0 bridgehead atoms. The van der Waals surface area contributed by atoms with Crippen molar-refractivity contribution in [1.29, 1.82) is 0 Å². The first-order valence-corrected chi connectivity index (χ1v) is 7.96. The van der Waals surface area contributed by atoms with Crippen LogP contribution in [0.3, 0.4) is 0 Å². The molecule has 1 unspecified atom stereocenters.